The molecule has 11 heteroatoms. The van der Waals surface area contributed by atoms with Crippen LogP contribution in [0.2, 0.25) is 0 Å². The van der Waals surface area contributed by atoms with Crippen molar-refractivity contribution in [2.24, 2.45) is 23.3 Å². The van der Waals surface area contributed by atoms with Gasteiger partial charge in [0.2, 0.25) is 23.6 Å². The van der Waals surface area contributed by atoms with Gasteiger partial charge in [0.15, 0.2) is 0 Å². The minimum Gasteiger partial charge on any atom is -0.469 e. The second-order valence-corrected chi connectivity index (χ2v) is 7.42. The SMILES string of the molecule is C.C.CC[C@@H](C(N)=O)N1CC(C(=O)OC)CC1=O.CC[C@@H](C(N)=O)N1CC(CO)CC1=O. The van der Waals surface area contributed by atoms with Gasteiger partial charge in [0.05, 0.1) is 13.0 Å². The van der Waals surface area contributed by atoms with Crippen LogP contribution < -0.4 is 11.5 Å². The molecule has 0 aromatic rings. The van der Waals surface area contributed by atoms with Crippen molar-refractivity contribution >= 4 is 29.6 Å². The molecule has 4 amide bonds. The molecule has 0 radical (unpaired) electrons. The van der Waals surface area contributed by atoms with E-state index in [2.05, 4.69) is 4.74 Å². The summed E-state index contributed by atoms with van der Waals surface area (Å²) in [5, 5.41) is 8.90. The average Bonchev–Trinajstić information content (AvgIpc) is 3.25. The second kappa shape index (κ2) is 14.4. The molecule has 32 heavy (non-hydrogen) atoms. The van der Waals surface area contributed by atoms with Gasteiger partial charge in [0, 0.05) is 38.5 Å². The minimum absolute atomic E-state index is 0. The molecule has 2 unspecified atom stereocenters. The van der Waals surface area contributed by atoms with Crippen molar-refractivity contribution in [3.8, 4) is 0 Å². The van der Waals surface area contributed by atoms with Crippen LogP contribution in [0, 0.1) is 11.8 Å². The van der Waals surface area contributed by atoms with E-state index in [-0.39, 0.29) is 52.2 Å². The third kappa shape index (κ3) is 7.77. The summed E-state index contributed by atoms with van der Waals surface area (Å²) in [4.78, 5) is 59.3. The zero-order chi connectivity index (χ0) is 23.0. The molecule has 0 bridgehead atoms. The van der Waals surface area contributed by atoms with Gasteiger partial charge in [-0.3, -0.25) is 24.0 Å². The Bertz CT molecular complexity index is 671. The molecule has 4 atom stereocenters. The molecule has 2 aliphatic rings. The first kappa shape index (κ1) is 31.5. The van der Waals surface area contributed by atoms with Gasteiger partial charge in [-0.15, -0.1) is 0 Å². The largest absolute Gasteiger partial charge is 0.469 e. The van der Waals surface area contributed by atoms with E-state index in [1.54, 1.807) is 6.92 Å². The molecular weight excluding hydrogens is 420 g/mol. The van der Waals surface area contributed by atoms with E-state index in [1.165, 1.54) is 16.9 Å². The highest BCUT2D eigenvalue weighted by atomic mass is 16.5. The predicted molar refractivity (Wildman–Crippen MR) is 119 cm³/mol. The number of ether oxygens (including phenoxy) is 1. The van der Waals surface area contributed by atoms with Crippen LogP contribution in [0.3, 0.4) is 0 Å². The fourth-order valence-corrected chi connectivity index (χ4v) is 3.74. The van der Waals surface area contributed by atoms with E-state index in [9.17, 15) is 24.0 Å². The number of primary amides is 2. The van der Waals surface area contributed by atoms with Crippen molar-refractivity contribution in [3.05, 3.63) is 0 Å². The number of likely N-dealkylation sites (tertiary alicyclic amines) is 2. The van der Waals surface area contributed by atoms with E-state index in [0.29, 0.717) is 25.8 Å². The van der Waals surface area contributed by atoms with Gasteiger partial charge in [-0.2, -0.15) is 0 Å². The number of nitrogens with two attached hydrogens (primary N) is 2. The number of carbonyl (C=O) groups is 5. The third-order valence-corrected chi connectivity index (χ3v) is 5.37. The molecule has 0 aromatic carbocycles. The Hall–Kier alpha value is -2.69. The number of hydrogen-bond acceptors (Lipinski definition) is 7. The molecule has 0 spiro atoms. The van der Waals surface area contributed by atoms with Crippen LogP contribution in [0.1, 0.15) is 54.4 Å². The summed E-state index contributed by atoms with van der Waals surface area (Å²) in [6.45, 7) is 4.23. The highest BCUT2D eigenvalue weighted by Gasteiger charge is 2.39. The van der Waals surface area contributed by atoms with Crippen LogP contribution >= 0.6 is 0 Å². The molecule has 0 aromatic heterocycles. The maximum absolute atomic E-state index is 11.6. The van der Waals surface area contributed by atoms with Crippen molar-refractivity contribution in [1.82, 2.24) is 9.80 Å². The summed E-state index contributed by atoms with van der Waals surface area (Å²) in [6, 6.07) is -1.14. The zero-order valence-corrected chi connectivity index (χ0v) is 17.7. The number of methoxy groups -OCH3 is 1. The van der Waals surface area contributed by atoms with Crippen LogP contribution in [0.4, 0.5) is 0 Å². The lowest BCUT2D eigenvalue weighted by molar-refractivity contribution is -0.145. The smallest absolute Gasteiger partial charge is 0.310 e. The highest BCUT2D eigenvalue weighted by Crippen LogP contribution is 2.22. The Labute approximate surface area is 190 Å². The number of hydrogen-bond donors (Lipinski definition) is 3. The molecule has 11 nitrogen and oxygen atoms in total. The van der Waals surface area contributed by atoms with Crippen LogP contribution in [0.15, 0.2) is 0 Å². The molecule has 2 heterocycles. The summed E-state index contributed by atoms with van der Waals surface area (Å²) >= 11 is 0. The topological polar surface area (TPSA) is 173 Å². The molecule has 2 fully saturated rings. The Morgan fingerprint density at radius 1 is 0.969 bits per heavy atom. The lowest BCUT2D eigenvalue weighted by Gasteiger charge is -2.24. The van der Waals surface area contributed by atoms with Crippen LogP contribution in [-0.4, -0.2) is 83.4 Å². The molecule has 2 rings (SSSR count). The van der Waals surface area contributed by atoms with Gasteiger partial charge >= 0.3 is 5.97 Å². The quantitative estimate of drug-likeness (QED) is 0.414. The van der Waals surface area contributed by atoms with E-state index in [0.717, 1.165) is 0 Å². The normalized spacial score (nSPS) is 21.5. The first-order valence-corrected chi connectivity index (χ1v) is 9.97. The van der Waals surface area contributed by atoms with Gasteiger partial charge in [0.25, 0.3) is 0 Å². The van der Waals surface area contributed by atoms with E-state index < -0.39 is 35.8 Å². The highest BCUT2D eigenvalue weighted by molar-refractivity contribution is 5.91. The van der Waals surface area contributed by atoms with E-state index in [1.807, 2.05) is 6.92 Å². The van der Waals surface area contributed by atoms with Crippen LogP contribution in [0.25, 0.3) is 0 Å². The number of nitrogens with zero attached hydrogens (tertiary/aromatic N) is 2. The number of aliphatic hydroxyl groups excluding tert-OH is 1. The number of aliphatic hydroxyl groups is 1. The molecular formula is C21H40N4O7. The third-order valence-electron chi connectivity index (χ3n) is 5.37. The molecule has 0 aliphatic carbocycles. The van der Waals surface area contributed by atoms with Crippen molar-refractivity contribution in [3.63, 3.8) is 0 Å². The van der Waals surface area contributed by atoms with Crippen LogP contribution in [0.5, 0.6) is 0 Å². The van der Waals surface area contributed by atoms with Gasteiger partial charge in [0.1, 0.15) is 12.1 Å². The first-order valence-electron chi connectivity index (χ1n) is 9.97. The molecule has 0 saturated carbocycles. The van der Waals surface area contributed by atoms with E-state index >= 15 is 0 Å². The zero-order valence-electron chi connectivity index (χ0n) is 17.7. The summed E-state index contributed by atoms with van der Waals surface area (Å²) < 4.78 is 4.57. The number of amides is 4. The molecule has 2 aliphatic heterocycles. The monoisotopic (exact) mass is 460 g/mol. The summed E-state index contributed by atoms with van der Waals surface area (Å²) in [7, 11) is 1.28. The second-order valence-electron chi connectivity index (χ2n) is 7.42. The fraction of sp³-hybridized carbons (Fsp3) is 0.762. The van der Waals surface area contributed by atoms with Gasteiger partial charge in [-0.25, -0.2) is 0 Å². The lowest BCUT2D eigenvalue weighted by Crippen LogP contribution is -2.45. The number of rotatable bonds is 8. The number of carbonyl (C=O) groups excluding carboxylic acids is 5. The summed E-state index contributed by atoms with van der Waals surface area (Å²) in [5.41, 5.74) is 10.4. The summed E-state index contributed by atoms with van der Waals surface area (Å²) in [5.74, 6) is -2.27. The van der Waals surface area contributed by atoms with Crippen molar-refractivity contribution in [2.45, 2.75) is 66.5 Å². The Balaban J connectivity index is 0. The lowest BCUT2D eigenvalue weighted by atomic mass is 10.1. The van der Waals surface area contributed by atoms with Gasteiger partial charge in [-0.1, -0.05) is 28.7 Å². The Kier molecular flexibility index (Phi) is 14.2. The minimum atomic E-state index is -0.623. The fourth-order valence-electron chi connectivity index (χ4n) is 3.74. The first-order chi connectivity index (χ1) is 14.1. The van der Waals surface area contributed by atoms with Gasteiger partial charge < -0.3 is 31.1 Å². The predicted octanol–water partition coefficient (Wildman–Crippen LogP) is -0.365. The Morgan fingerprint density at radius 3 is 1.75 bits per heavy atom. The van der Waals surface area contributed by atoms with Crippen LogP contribution in [-0.2, 0) is 28.7 Å². The molecule has 2 saturated heterocycles. The van der Waals surface area contributed by atoms with Crippen molar-refractivity contribution < 1.29 is 33.8 Å². The Morgan fingerprint density at radius 2 is 1.41 bits per heavy atom. The standard InChI is InChI=1S/C10H16N2O4.C9H16N2O3.2CH4/c1-3-7(9(11)14)12-5-6(4-8(12)13)10(15)16-2;1-2-7(9(10)14)11-4-6(5-12)3-8(11)13;;/h6-7H,3-5H2,1-2H3,(H2,11,14);6-7,12H,2-5H2,1H3,(H2,10,14);2*1H4/t2*6?,7-;;/m00../s1. The molecule has 5 N–H and O–H groups in total. The van der Waals surface area contributed by atoms with Gasteiger partial charge in [-0.05, 0) is 12.8 Å². The molecule has 186 valence electrons. The van der Waals surface area contributed by atoms with E-state index in [4.69, 9.17) is 16.6 Å². The summed E-state index contributed by atoms with van der Waals surface area (Å²) in [6.07, 6.45) is 1.39. The average molecular weight is 461 g/mol. The maximum atomic E-state index is 11.6. The van der Waals surface area contributed by atoms with Crippen molar-refractivity contribution in [2.75, 3.05) is 26.8 Å². The van der Waals surface area contributed by atoms with Crippen molar-refractivity contribution in [1.29, 1.82) is 0 Å². The maximum Gasteiger partial charge on any atom is 0.310 e. The number of esters is 1.